The number of amides is 1. The minimum absolute atomic E-state index is 0.246. The summed E-state index contributed by atoms with van der Waals surface area (Å²) in [6.45, 7) is 0.920. The van der Waals surface area contributed by atoms with E-state index in [1.807, 2.05) is 24.3 Å². The van der Waals surface area contributed by atoms with Crippen molar-refractivity contribution >= 4 is 22.8 Å². The highest BCUT2D eigenvalue weighted by molar-refractivity contribution is 5.87. The van der Waals surface area contributed by atoms with Gasteiger partial charge < -0.3 is 20.1 Å². The van der Waals surface area contributed by atoms with Crippen LogP contribution in [0.25, 0.3) is 10.9 Å². The van der Waals surface area contributed by atoms with Crippen molar-refractivity contribution in [1.29, 1.82) is 0 Å². The van der Waals surface area contributed by atoms with E-state index in [0.717, 1.165) is 16.5 Å². The molecular weight excluding hydrogens is 284 g/mol. The van der Waals surface area contributed by atoms with Crippen LogP contribution in [0.15, 0.2) is 30.5 Å². The smallest absolute Gasteiger partial charge is 0.326 e. The van der Waals surface area contributed by atoms with Crippen LogP contribution >= 0.6 is 0 Å². The fraction of sp³-hybridized carbons (Fsp3) is 0.375. The Hall–Kier alpha value is -2.34. The molecule has 2 atom stereocenters. The lowest BCUT2D eigenvalue weighted by Gasteiger charge is -2.16. The fourth-order valence-corrected chi connectivity index (χ4v) is 2.75. The van der Waals surface area contributed by atoms with Gasteiger partial charge in [-0.2, -0.15) is 0 Å². The minimum atomic E-state index is -1.03. The Morgan fingerprint density at radius 3 is 2.95 bits per heavy atom. The molecule has 116 valence electrons. The van der Waals surface area contributed by atoms with E-state index in [1.165, 1.54) is 0 Å². The van der Waals surface area contributed by atoms with Gasteiger partial charge in [-0.1, -0.05) is 18.2 Å². The van der Waals surface area contributed by atoms with E-state index < -0.39 is 12.0 Å². The number of fused-ring (bicyclic) bond motifs is 1. The zero-order valence-corrected chi connectivity index (χ0v) is 12.0. The third-order valence-corrected chi connectivity index (χ3v) is 4.01. The molecule has 0 unspecified atom stereocenters. The monoisotopic (exact) mass is 302 g/mol. The van der Waals surface area contributed by atoms with Crippen LogP contribution in [0.3, 0.4) is 0 Å². The first-order chi connectivity index (χ1) is 10.6. The molecule has 1 aliphatic rings. The highest BCUT2D eigenvalue weighted by Crippen LogP contribution is 2.19. The van der Waals surface area contributed by atoms with Crippen LogP contribution < -0.4 is 5.32 Å². The molecule has 3 N–H and O–H groups in total. The minimum Gasteiger partial charge on any atom is -0.480 e. The number of carbonyl (C=O) groups is 2. The van der Waals surface area contributed by atoms with Crippen molar-refractivity contribution < 1.29 is 19.4 Å². The second-order valence-electron chi connectivity index (χ2n) is 5.52. The summed E-state index contributed by atoms with van der Waals surface area (Å²) >= 11 is 0. The van der Waals surface area contributed by atoms with Crippen LogP contribution in [0.4, 0.5) is 0 Å². The van der Waals surface area contributed by atoms with E-state index in [2.05, 4.69) is 10.3 Å². The summed E-state index contributed by atoms with van der Waals surface area (Å²) in [5, 5.41) is 13.0. The van der Waals surface area contributed by atoms with Gasteiger partial charge in [-0.25, -0.2) is 4.79 Å². The van der Waals surface area contributed by atoms with Gasteiger partial charge in [0.15, 0.2) is 0 Å². The van der Waals surface area contributed by atoms with Crippen LogP contribution in [0.2, 0.25) is 0 Å². The van der Waals surface area contributed by atoms with Gasteiger partial charge in [0.2, 0.25) is 5.91 Å². The Balaban J connectivity index is 1.74. The van der Waals surface area contributed by atoms with Crippen LogP contribution in [0.1, 0.15) is 12.0 Å². The number of hydrogen-bond acceptors (Lipinski definition) is 3. The molecule has 2 aromatic rings. The number of carboxylic acids is 1. The molecule has 1 saturated heterocycles. The number of para-hydroxylation sites is 1. The molecule has 3 rings (SSSR count). The maximum absolute atomic E-state index is 12.1. The van der Waals surface area contributed by atoms with Crippen molar-refractivity contribution in [2.24, 2.45) is 5.92 Å². The van der Waals surface area contributed by atoms with Crippen molar-refractivity contribution in [3.8, 4) is 0 Å². The molecule has 0 bridgehead atoms. The van der Waals surface area contributed by atoms with Crippen molar-refractivity contribution in [3.63, 3.8) is 0 Å². The Labute approximate surface area is 127 Å². The summed E-state index contributed by atoms with van der Waals surface area (Å²) < 4.78 is 5.17. The maximum atomic E-state index is 12.1. The first kappa shape index (κ1) is 14.6. The van der Waals surface area contributed by atoms with Crippen molar-refractivity contribution in [1.82, 2.24) is 10.3 Å². The van der Waals surface area contributed by atoms with Crippen LogP contribution in [0.5, 0.6) is 0 Å². The number of hydrogen-bond donors (Lipinski definition) is 3. The number of H-pyrrole nitrogens is 1. The highest BCUT2D eigenvalue weighted by atomic mass is 16.5. The normalized spacial score (nSPS) is 19.2. The number of rotatable bonds is 5. The number of nitrogens with one attached hydrogen (secondary N) is 2. The lowest BCUT2D eigenvalue weighted by molar-refractivity contribution is -0.142. The molecule has 1 aromatic heterocycles. The third-order valence-electron chi connectivity index (χ3n) is 4.01. The number of aromatic amines is 1. The third kappa shape index (κ3) is 2.96. The second kappa shape index (κ2) is 6.19. The first-order valence-corrected chi connectivity index (χ1v) is 7.31. The number of aliphatic carboxylic acids is 1. The summed E-state index contributed by atoms with van der Waals surface area (Å²) in [5.41, 5.74) is 1.84. The quantitative estimate of drug-likeness (QED) is 0.776. The van der Waals surface area contributed by atoms with Gasteiger partial charge in [0.05, 0.1) is 12.5 Å². The number of aromatic nitrogens is 1. The van der Waals surface area contributed by atoms with Crippen LogP contribution in [-0.2, 0) is 20.7 Å². The van der Waals surface area contributed by atoms with E-state index in [9.17, 15) is 14.7 Å². The van der Waals surface area contributed by atoms with E-state index in [1.54, 1.807) is 6.20 Å². The molecule has 1 amide bonds. The second-order valence-corrected chi connectivity index (χ2v) is 5.52. The fourth-order valence-electron chi connectivity index (χ4n) is 2.75. The standard InChI is InChI=1S/C16H18N2O4/c19-15(10-5-6-22-9-10)18-14(16(20)21)7-11-8-17-13-4-2-1-3-12(11)13/h1-4,8,10,14,17H,5-7,9H2,(H,18,19)(H,20,21)/t10-,14-/m1/s1. The average Bonchev–Trinajstić information content (AvgIpc) is 3.16. The van der Waals surface area contributed by atoms with Crippen LogP contribution in [-0.4, -0.2) is 41.2 Å². The maximum Gasteiger partial charge on any atom is 0.326 e. The Kier molecular flexibility index (Phi) is 4.11. The molecule has 1 fully saturated rings. The summed E-state index contributed by atoms with van der Waals surface area (Å²) in [6, 6.07) is 6.76. The molecule has 1 aromatic carbocycles. The topological polar surface area (TPSA) is 91.4 Å². The summed E-state index contributed by atoms with van der Waals surface area (Å²) in [6.07, 6.45) is 2.69. The Morgan fingerprint density at radius 1 is 1.41 bits per heavy atom. The Morgan fingerprint density at radius 2 is 2.23 bits per heavy atom. The SMILES string of the molecule is O=C(N[C@H](Cc1c[nH]c2ccccc12)C(=O)O)[C@@H]1CCOC1. The average molecular weight is 302 g/mol. The van der Waals surface area contributed by atoms with E-state index >= 15 is 0 Å². The van der Waals surface area contributed by atoms with Gasteiger partial charge >= 0.3 is 5.97 Å². The molecule has 22 heavy (non-hydrogen) atoms. The first-order valence-electron chi connectivity index (χ1n) is 7.31. The largest absolute Gasteiger partial charge is 0.480 e. The lowest BCUT2D eigenvalue weighted by atomic mass is 10.0. The molecule has 6 heteroatoms. The molecule has 1 aliphatic heterocycles. The number of benzene rings is 1. The zero-order chi connectivity index (χ0) is 15.5. The molecular formula is C16H18N2O4. The predicted octanol–water partition coefficient (Wildman–Crippen LogP) is 1.32. The van der Waals surface area contributed by atoms with E-state index in [4.69, 9.17) is 4.74 Å². The van der Waals surface area contributed by atoms with Gasteiger partial charge in [0, 0.05) is 30.1 Å². The van der Waals surface area contributed by atoms with E-state index in [0.29, 0.717) is 19.6 Å². The number of carbonyl (C=O) groups excluding carboxylic acids is 1. The number of carboxylic acid groups (broad SMARTS) is 1. The van der Waals surface area contributed by atoms with Crippen molar-refractivity contribution in [2.75, 3.05) is 13.2 Å². The zero-order valence-electron chi connectivity index (χ0n) is 12.0. The van der Waals surface area contributed by atoms with Crippen molar-refractivity contribution in [2.45, 2.75) is 18.9 Å². The van der Waals surface area contributed by atoms with Gasteiger partial charge in [0.25, 0.3) is 0 Å². The summed E-state index contributed by atoms with van der Waals surface area (Å²) in [5.74, 6) is -1.52. The molecule has 6 nitrogen and oxygen atoms in total. The van der Waals surface area contributed by atoms with Crippen LogP contribution in [0, 0.1) is 5.92 Å². The molecule has 0 aliphatic carbocycles. The van der Waals surface area contributed by atoms with Gasteiger partial charge in [-0.05, 0) is 18.1 Å². The van der Waals surface area contributed by atoms with Crippen molar-refractivity contribution in [3.05, 3.63) is 36.0 Å². The summed E-state index contributed by atoms with van der Waals surface area (Å²) in [7, 11) is 0. The predicted molar refractivity (Wildman–Crippen MR) is 80.5 cm³/mol. The Bertz CT molecular complexity index is 688. The molecule has 0 saturated carbocycles. The number of ether oxygens (including phenoxy) is 1. The summed E-state index contributed by atoms with van der Waals surface area (Å²) in [4.78, 5) is 26.7. The molecule has 2 heterocycles. The van der Waals surface area contributed by atoms with Gasteiger partial charge in [0.1, 0.15) is 6.04 Å². The molecule has 0 spiro atoms. The molecule has 0 radical (unpaired) electrons. The van der Waals surface area contributed by atoms with Gasteiger partial charge in [-0.15, -0.1) is 0 Å². The highest BCUT2D eigenvalue weighted by Gasteiger charge is 2.28. The lowest BCUT2D eigenvalue weighted by Crippen LogP contribution is -2.45. The van der Waals surface area contributed by atoms with E-state index in [-0.39, 0.29) is 18.2 Å². The van der Waals surface area contributed by atoms with Gasteiger partial charge in [-0.3, -0.25) is 4.79 Å².